The molecule has 148 valence electrons. The minimum atomic E-state index is 1.13. The fraction of sp³-hybridized carbons (Fsp3) is 0.0667. The molecule has 0 bridgehead atoms. The smallest absolute Gasteiger partial charge is 0.0547 e. The topological polar surface area (TPSA) is 4.93 Å². The highest BCUT2D eigenvalue weighted by Gasteiger charge is 2.27. The normalized spacial score (nSPS) is 12.2. The zero-order valence-corrected chi connectivity index (χ0v) is 17.8. The molecule has 1 nitrogen and oxygen atoms in total. The monoisotopic (exact) mass is 397 g/mol. The molecule has 1 heterocycles. The molecule has 0 unspecified atom stereocenters. The number of hydrogen-bond acceptors (Lipinski definition) is 0. The molecule has 0 aliphatic heterocycles. The number of fused-ring (bicyclic) bond motifs is 5. The lowest BCUT2D eigenvalue weighted by atomic mass is 9.96. The number of aryl methyl sites for hydroxylation is 1. The molecule has 4 aromatic carbocycles. The first-order chi connectivity index (χ1) is 15.2. The minimum absolute atomic E-state index is 1.13. The molecular formula is C30H23N. The quantitative estimate of drug-likeness (QED) is 0.282. The van der Waals surface area contributed by atoms with Crippen LogP contribution in [0.4, 0.5) is 0 Å². The Morgan fingerprint density at radius 3 is 2.23 bits per heavy atom. The molecule has 0 saturated carbocycles. The molecule has 1 aliphatic rings. The third-order valence-corrected chi connectivity index (χ3v) is 6.49. The van der Waals surface area contributed by atoms with Crippen LogP contribution in [0.5, 0.6) is 0 Å². The first kappa shape index (κ1) is 18.0. The van der Waals surface area contributed by atoms with Crippen LogP contribution in [-0.4, -0.2) is 4.57 Å². The van der Waals surface area contributed by atoms with E-state index in [2.05, 4.69) is 110 Å². The molecule has 1 heteroatoms. The van der Waals surface area contributed by atoms with Crippen molar-refractivity contribution in [2.75, 3.05) is 0 Å². The fourth-order valence-corrected chi connectivity index (χ4v) is 5.22. The van der Waals surface area contributed by atoms with Gasteiger partial charge in [-0.2, -0.15) is 0 Å². The van der Waals surface area contributed by atoms with Crippen LogP contribution in [0.2, 0.25) is 0 Å². The molecule has 1 aromatic heterocycles. The van der Waals surface area contributed by atoms with Gasteiger partial charge in [0, 0.05) is 22.2 Å². The number of hydrogen-bond donors (Lipinski definition) is 0. The fourth-order valence-electron chi connectivity index (χ4n) is 5.22. The highest BCUT2D eigenvalue weighted by molar-refractivity contribution is 6.22. The highest BCUT2D eigenvalue weighted by Crippen LogP contribution is 2.52. The Bertz CT molecular complexity index is 1540. The first-order valence-electron chi connectivity index (χ1n) is 10.8. The van der Waals surface area contributed by atoms with Crippen molar-refractivity contribution < 1.29 is 0 Å². The Kier molecular flexibility index (Phi) is 3.82. The van der Waals surface area contributed by atoms with Crippen molar-refractivity contribution in [3.63, 3.8) is 0 Å². The summed E-state index contributed by atoms with van der Waals surface area (Å²) in [5.41, 5.74) is 11.3. The van der Waals surface area contributed by atoms with E-state index in [-0.39, 0.29) is 0 Å². The summed E-state index contributed by atoms with van der Waals surface area (Å²) in [6.45, 7) is 8.40. The van der Waals surface area contributed by atoms with E-state index >= 15 is 0 Å². The van der Waals surface area contributed by atoms with Gasteiger partial charge in [-0.3, -0.25) is 0 Å². The molecule has 0 fully saturated rings. The van der Waals surface area contributed by atoms with E-state index in [9.17, 15) is 0 Å². The van der Waals surface area contributed by atoms with Crippen molar-refractivity contribution in [2.24, 2.45) is 0 Å². The second-order valence-corrected chi connectivity index (χ2v) is 8.27. The third kappa shape index (κ3) is 2.38. The van der Waals surface area contributed by atoms with E-state index < -0.39 is 0 Å². The number of allylic oxidation sites excluding steroid dienone is 1. The molecular weight excluding hydrogens is 374 g/mol. The van der Waals surface area contributed by atoms with E-state index in [0.29, 0.717) is 0 Å². The molecule has 0 N–H and O–H groups in total. The van der Waals surface area contributed by atoms with Gasteiger partial charge < -0.3 is 4.57 Å². The van der Waals surface area contributed by atoms with Gasteiger partial charge in [0.05, 0.1) is 11.2 Å². The lowest BCUT2D eigenvalue weighted by Crippen LogP contribution is -1.96. The average Bonchev–Trinajstić information content (AvgIpc) is 3.29. The van der Waals surface area contributed by atoms with Gasteiger partial charge in [-0.1, -0.05) is 78.9 Å². The van der Waals surface area contributed by atoms with Gasteiger partial charge in [0.15, 0.2) is 0 Å². The number of benzene rings is 4. The summed E-state index contributed by atoms with van der Waals surface area (Å²) in [6, 6.07) is 26.6. The van der Waals surface area contributed by atoms with Crippen LogP contribution >= 0.6 is 0 Å². The molecule has 0 radical (unpaired) electrons. The maximum absolute atomic E-state index is 4.19. The Morgan fingerprint density at radius 2 is 1.52 bits per heavy atom. The van der Waals surface area contributed by atoms with E-state index in [1.165, 1.54) is 55.1 Å². The summed E-state index contributed by atoms with van der Waals surface area (Å²) >= 11 is 0. The maximum atomic E-state index is 4.19. The van der Waals surface area contributed by atoms with E-state index in [1.54, 1.807) is 0 Å². The predicted molar refractivity (Wildman–Crippen MR) is 135 cm³/mol. The second-order valence-electron chi connectivity index (χ2n) is 8.27. The summed E-state index contributed by atoms with van der Waals surface area (Å²) in [7, 11) is 0. The van der Waals surface area contributed by atoms with Gasteiger partial charge in [-0.25, -0.2) is 0 Å². The summed E-state index contributed by atoms with van der Waals surface area (Å²) in [6.07, 6.45) is 6.35. The molecule has 0 saturated heterocycles. The van der Waals surface area contributed by atoms with E-state index in [4.69, 9.17) is 0 Å². The van der Waals surface area contributed by atoms with Crippen LogP contribution in [0, 0.1) is 6.92 Å². The Balaban J connectivity index is 1.81. The third-order valence-electron chi connectivity index (χ3n) is 6.49. The van der Waals surface area contributed by atoms with Crippen molar-refractivity contribution >= 4 is 33.8 Å². The van der Waals surface area contributed by atoms with Crippen LogP contribution in [0.15, 0.2) is 85.5 Å². The molecule has 0 amide bonds. The van der Waals surface area contributed by atoms with E-state index in [1.807, 2.05) is 6.08 Å². The van der Waals surface area contributed by atoms with Crippen LogP contribution in [0.1, 0.15) is 23.7 Å². The van der Waals surface area contributed by atoms with Gasteiger partial charge in [0.25, 0.3) is 0 Å². The van der Waals surface area contributed by atoms with Crippen molar-refractivity contribution in [3.05, 3.63) is 102 Å². The summed E-state index contributed by atoms with van der Waals surface area (Å²) in [4.78, 5) is 0. The maximum Gasteiger partial charge on any atom is 0.0547 e. The van der Waals surface area contributed by atoms with Crippen molar-refractivity contribution in [1.29, 1.82) is 0 Å². The molecule has 0 spiro atoms. The largest absolute Gasteiger partial charge is 0.309 e. The molecule has 5 aromatic rings. The van der Waals surface area contributed by atoms with Gasteiger partial charge >= 0.3 is 0 Å². The van der Waals surface area contributed by atoms with Crippen molar-refractivity contribution in [1.82, 2.24) is 4.57 Å². The standard InChI is InChI=1S/C30H23N/c1-4-8-24-26(5-2)31(21-15-13-19(3)14-16-21)27-18-17-23-22-11-6-9-20-10-7-12-25(28(20)22)29(23)30(24)27/h4-18H,2H2,1,3H3/b8-4-. The van der Waals surface area contributed by atoms with Crippen molar-refractivity contribution in [3.8, 4) is 27.9 Å². The zero-order chi connectivity index (χ0) is 21.1. The molecule has 1 aliphatic carbocycles. The molecule has 31 heavy (non-hydrogen) atoms. The van der Waals surface area contributed by atoms with Crippen LogP contribution in [0.25, 0.3) is 61.8 Å². The lowest BCUT2D eigenvalue weighted by molar-refractivity contribution is 1.10. The summed E-state index contributed by atoms with van der Waals surface area (Å²) in [5, 5.41) is 3.96. The van der Waals surface area contributed by atoms with Gasteiger partial charge in [-0.15, -0.1) is 0 Å². The zero-order valence-electron chi connectivity index (χ0n) is 17.8. The number of aromatic nitrogens is 1. The van der Waals surface area contributed by atoms with Gasteiger partial charge in [-0.05, 0) is 65.6 Å². The average molecular weight is 398 g/mol. The van der Waals surface area contributed by atoms with Crippen LogP contribution in [-0.2, 0) is 0 Å². The van der Waals surface area contributed by atoms with Crippen molar-refractivity contribution in [2.45, 2.75) is 13.8 Å². The predicted octanol–water partition coefficient (Wildman–Crippen LogP) is 8.42. The number of nitrogens with zero attached hydrogens (tertiary/aromatic N) is 1. The highest BCUT2D eigenvalue weighted by atomic mass is 15.0. The number of rotatable bonds is 3. The SMILES string of the molecule is C=Cc1c(/C=C\C)c2c3c(ccc2n1-c1ccc(C)cc1)-c1cccc2cccc-3c12. The Morgan fingerprint density at radius 1 is 0.774 bits per heavy atom. The second kappa shape index (κ2) is 6.58. The summed E-state index contributed by atoms with van der Waals surface area (Å²) in [5.74, 6) is 0. The van der Waals surface area contributed by atoms with Crippen LogP contribution in [0.3, 0.4) is 0 Å². The van der Waals surface area contributed by atoms with Gasteiger partial charge in [0.1, 0.15) is 0 Å². The molecule has 6 rings (SSSR count). The van der Waals surface area contributed by atoms with E-state index in [0.717, 1.165) is 11.4 Å². The Hall–Kier alpha value is -3.84. The van der Waals surface area contributed by atoms with Crippen LogP contribution < -0.4 is 0 Å². The minimum Gasteiger partial charge on any atom is -0.309 e. The first-order valence-corrected chi connectivity index (χ1v) is 10.8. The molecule has 0 atom stereocenters. The lowest BCUT2D eigenvalue weighted by Gasteiger charge is -2.10. The van der Waals surface area contributed by atoms with Gasteiger partial charge in [0.2, 0.25) is 0 Å². The summed E-state index contributed by atoms with van der Waals surface area (Å²) < 4.78 is 2.35. The Labute approximate surface area is 182 Å².